The minimum Gasteiger partial charge on any atom is -0.466 e. The number of ether oxygens (including phenoxy) is 1. The third-order valence-corrected chi connectivity index (χ3v) is 3.21. The highest BCUT2D eigenvalue weighted by atomic mass is 16.5. The first-order valence-corrected chi connectivity index (χ1v) is 8.11. The van der Waals surface area contributed by atoms with Crippen LogP contribution in [0.4, 0.5) is 0 Å². The fourth-order valence-corrected chi connectivity index (χ4v) is 1.92. The second-order valence-electron chi connectivity index (χ2n) is 5.10. The van der Waals surface area contributed by atoms with Crippen molar-refractivity contribution in [1.82, 2.24) is 0 Å². The van der Waals surface area contributed by atoms with E-state index in [4.69, 9.17) is 4.74 Å². The quantitative estimate of drug-likeness (QED) is 0.253. The van der Waals surface area contributed by atoms with Gasteiger partial charge in [-0.1, -0.05) is 64.5 Å². The molecular weight excluding hydrogens is 236 g/mol. The summed E-state index contributed by atoms with van der Waals surface area (Å²) in [6, 6.07) is 0. The molecule has 0 spiro atoms. The Morgan fingerprint density at radius 1 is 0.842 bits per heavy atom. The zero-order valence-corrected chi connectivity index (χ0v) is 13.0. The second kappa shape index (κ2) is 15.3. The van der Waals surface area contributed by atoms with Crippen LogP contribution in [0.1, 0.15) is 84.5 Å². The molecule has 0 radical (unpaired) electrons. The number of carbonyl (C=O) groups is 1. The summed E-state index contributed by atoms with van der Waals surface area (Å²) in [5.74, 6) is -0.0742. The number of hydrogen-bond acceptors (Lipinski definition) is 2. The topological polar surface area (TPSA) is 26.3 Å². The Morgan fingerprint density at radius 2 is 1.42 bits per heavy atom. The normalized spacial score (nSPS) is 11.1. The van der Waals surface area contributed by atoms with Gasteiger partial charge in [0.25, 0.3) is 0 Å². The van der Waals surface area contributed by atoms with Crippen LogP contribution in [0.2, 0.25) is 0 Å². The van der Waals surface area contributed by atoms with E-state index in [-0.39, 0.29) is 5.97 Å². The predicted molar refractivity (Wildman–Crippen MR) is 82.2 cm³/mol. The SMILES string of the molecule is CCCC/C=C/CCCCCCCCOC(=O)CC. The monoisotopic (exact) mass is 268 g/mol. The van der Waals surface area contributed by atoms with Crippen LogP contribution in [-0.4, -0.2) is 12.6 Å². The van der Waals surface area contributed by atoms with Crippen LogP contribution in [-0.2, 0) is 9.53 Å². The Morgan fingerprint density at radius 3 is 2.05 bits per heavy atom. The van der Waals surface area contributed by atoms with Crippen LogP contribution < -0.4 is 0 Å². The van der Waals surface area contributed by atoms with Gasteiger partial charge >= 0.3 is 5.97 Å². The van der Waals surface area contributed by atoms with Crippen LogP contribution in [0, 0.1) is 0 Å². The summed E-state index contributed by atoms with van der Waals surface area (Å²) in [5.41, 5.74) is 0. The van der Waals surface area contributed by atoms with Crippen molar-refractivity contribution in [3.63, 3.8) is 0 Å². The zero-order chi connectivity index (χ0) is 14.2. The molecule has 0 heterocycles. The molecule has 0 fully saturated rings. The fourth-order valence-electron chi connectivity index (χ4n) is 1.92. The van der Waals surface area contributed by atoms with E-state index < -0.39 is 0 Å². The molecule has 0 atom stereocenters. The number of allylic oxidation sites excluding steroid dienone is 2. The number of esters is 1. The molecule has 112 valence electrons. The number of rotatable bonds is 13. The Bertz CT molecular complexity index is 221. The highest BCUT2D eigenvalue weighted by molar-refractivity contribution is 5.68. The zero-order valence-electron chi connectivity index (χ0n) is 13.0. The Hall–Kier alpha value is -0.790. The van der Waals surface area contributed by atoms with Gasteiger partial charge in [-0.25, -0.2) is 0 Å². The molecule has 0 aliphatic rings. The van der Waals surface area contributed by atoms with E-state index in [2.05, 4.69) is 19.1 Å². The summed E-state index contributed by atoms with van der Waals surface area (Å²) in [7, 11) is 0. The van der Waals surface area contributed by atoms with Gasteiger partial charge in [-0.3, -0.25) is 4.79 Å². The van der Waals surface area contributed by atoms with Gasteiger partial charge in [0.05, 0.1) is 6.61 Å². The summed E-state index contributed by atoms with van der Waals surface area (Å²) in [4.78, 5) is 10.9. The number of carbonyl (C=O) groups excluding carboxylic acids is 1. The molecule has 19 heavy (non-hydrogen) atoms. The van der Waals surface area contributed by atoms with Gasteiger partial charge in [-0.2, -0.15) is 0 Å². The molecule has 0 unspecified atom stereocenters. The fraction of sp³-hybridized carbons (Fsp3) is 0.824. The highest BCUT2D eigenvalue weighted by Gasteiger charge is 1.97. The summed E-state index contributed by atoms with van der Waals surface area (Å²) in [6.45, 7) is 4.67. The lowest BCUT2D eigenvalue weighted by atomic mass is 10.1. The molecular formula is C17H32O2. The molecule has 0 aliphatic carbocycles. The second-order valence-corrected chi connectivity index (χ2v) is 5.10. The summed E-state index contributed by atoms with van der Waals surface area (Å²) in [5, 5.41) is 0. The lowest BCUT2D eigenvalue weighted by Gasteiger charge is -2.03. The molecule has 0 bridgehead atoms. The van der Waals surface area contributed by atoms with Gasteiger partial charge in [0.2, 0.25) is 0 Å². The lowest BCUT2D eigenvalue weighted by Crippen LogP contribution is -2.03. The highest BCUT2D eigenvalue weighted by Crippen LogP contribution is 2.08. The van der Waals surface area contributed by atoms with E-state index in [1.54, 1.807) is 0 Å². The van der Waals surface area contributed by atoms with Gasteiger partial charge in [0.15, 0.2) is 0 Å². The van der Waals surface area contributed by atoms with Gasteiger partial charge in [-0.15, -0.1) is 0 Å². The standard InChI is InChI=1S/C17H32O2/c1-3-5-6-7-8-9-10-11-12-13-14-15-16-19-17(18)4-2/h7-8H,3-6,9-16H2,1-2H3/b8-7+. The maximum Gasteiger partial charge on any atom is 0.305 e. The largest absolute Gasteiger partial charge is 0.466 e. The molecule has 0 aromatic rings. The van der Waals surface area contributed by atoms with Crippen LogP contribution in [0.3, 0.4) is 0 Å². The summed E-state index contributed by atoms with van der Waals surface area (Å²) >= 11 is 0. The average molecular weight is 268 g/mol. The minimum atomic E-state index is -0.0742. The summed E-state index contributed by atoms with van der Waals surface area (Å²) in [6.07, 6.45) is 17.7. The first-order chi connectivity index (χ1) is 9.31. The number of unbranched alkanes of at least 4 members (excludes halogenated alkanes) is 8. The molecule has 0 saturated heterocycles. The van der Waals surface area contributed by atoms with Crippen LogP contribution in [0.25, 0.3) is 0 Å². The molecule has 2 heteroatoms. The molecule has 0 aromatic carbocycles. The Balaban J connectivity index is 3.06. The van der Waals surface area contributed by atoms with E-state index >= 15 is 0 Å². The van der Waals surface area contributed by atoms with Gasteiger partial charge in [0, 0.05) is 6.42 Å². The van der Waals surface area contributed by atoms with Crippen molar-refractivity contribution in [1.29, 1.82) is 0 Å². The predicted octanol–water partition coefficient (Wildman–Crippen LogP) is 5.42. The van der Waals surface area contributed by atoms with E-state index in [0.29, 0.717) is 13.0 Å². The number of hydrogen-bond donors (Lipinski definition) is 0. The van der Waals surface area contributed by atoms with Gasteiger partial charge in [-0.05, 0) is 25.7 Å². The van der Waals surface area contributed by atoms with E-state index in [9.17, 15) is 4.79 Å². The van der Waals surface area contributed by atoms with Gasteiger partial charge in [0.1, 0.15) is 0 Å². The Labute approximate surface area is 119 Å². The van der Waals surface area contributed by atoms with Gasteiger partial charge < -0.3 is 4.74 Å². The van der Waals surface area contributed by atoms with E-state index in [1.807, 2.05) is 6.92 Å². The van der Waals surface area contributed by atoms with Crippen LogP contribution >= 0.6 is 0 Å². The van der Waals surface area contributed by atoms with E-state index in [1.165, 1.54) is 57.8 Å². The van der Waals surface area contributed by atoms with Crippen molar-refractivity contribution in [2.75, 3.05) is 6.61 Å². The van der Waals surface area contributed by atoms with Crippen molar-refractivity contribution in [2.24, 2.45) is 0 Å². The first-order valence-electron chi connectivity index (χ1n) is 8.11. The maximum absolute atomic E-state index is 10.9. The smallest absolute Gasteiger partial charge is 0.305 e. The molecule has 2 nitrogen and oxygen atoms in total. The molecule has 0 saturated carbocycles. The first kappa shape index (κ1) is 18.2. The third-order valence-electron chi connectivity index (χ3n) is 3.21. The Kier molecular flexibility index (Phi) is 14.6. The minimum absolute atomic E-state index is 0.0742. The van der Waals surface area contributed by atoms with Crippen molar-refractivity contribution >= 4 is 5.97 Å². The molecule has 0 N–H and O–H groups in total. The molecule has 0 aromatic heterocycles. The van der Waals surface area contributed by atoms with Crippen molar-refractivity contribution in [3.05, 3.63) is 12.2 Å². The molecule has 0 aliphatic heterocycles. The van der Waals surface area contributed by atoms with Crippen LogP contribution in [0.15, 0.2) is 12.2 Å². The van der Waals surface area contributed by atoms with Crippen molar-refractivity contribution < 1.29 is 9.53 Å². The van der Waals surface area contributed by atoms with Crippen molar-refractivity contribution in [2.45, 2.75) is 84.5 Å². The van der Waals surface area contributed by atoms with Crippen LogP contribution in [0.5, 0.6) is 0 Å². The molecule has 0 rings (SSSR count). The summed E-state index contributed by atoms with van der Waals surface area (Å²) < 4.78 is 5.03. The molecule has 0 amide bonds. The van der Waals surface area contributed by atoms with E-state index in [0.717, 1.165) is 6.42 Å². The lowest BCUT2D eigenvalue weighted by molar-refractivity contribution is -0.143. The third kappa shape index (κ3) is 15.2. The maximum atomic E-state index is 10.9. The average Bonchev–Trinajstić information content (AvgIpc) is 2.43. The van der Waals surface area contributed by atoms with Crippen molar-refractivity contribution in [3.8, 4) is 0 Å².